The van der Waals surface area contributed by atoms with Crippen LogP contribution in [-0.4, -0.2) is 16.6 Å². The maximum atomic E-state index is 5.48. The van der Waals surface area contributed by atoms with Crippen molar-refractivity contribution >= 4 is 0 Å². The minimum atomic E-state index is 0.669. The lowest BCUT2D eigenvalue weighted by molar-refractivity contribution is 0.133. The number of benzene rings is 1. The van der Waals surface area contributed by atoms with Gasteiger partial charge in [-0.25, -0.2) is 9.97 Å². The highest BCUT2D eigenvalue weighted by Gasteiger charge is 2.01. The first-order chi connectivity index (χ1) is 9.40. The molecule has 1 N–H and O–H groups in total. The van der Waals surface area contributed by atoms with Crippen LogP contribution in [-0.2, 0) is 24.4 Å². The summed E-state index contributed by atoms with van der Waals surface area (Å²) in [5, 5.41) is 3.39. The van der Waals surface area contributed by atoms with Gasteiger partial charge in [-0.05, 0) is 24.1 Å². The second kappa shape index (κ2) is 7.61. The molecule has 0 aliphatic carbocycles. The van der Waals surface area contributed by atoms with Crippen LogP contribution in [0, 0.1) is 0 Å². The van der Waals surface area contributed by atoms with Crippen LogP contribution in [0.15, 0.2) is 42.9 Å². The minimum Gasteiger partial charge on any atom is -0.377 e. The number of ether oxygens (including phenoxy) is 1. The molecule has 4 nitrogen and oxygen atoms in total. The van der Waals surface area contributed by atoms with Gasteiger partial charge in [0, 0.05) is 25.9 Å². The normalized spacial score (nSPS) is 10.6. The number of aromatic nitrogens is 2. The number of hydrogen-bond acceptors (Lipinski definition) is 4. The van der Waals surface area contributed by atoms with Crippen LogP contribution in [0.3, 0.4) is 0 Å². The Morgan fingerprint density at radius 2 is 1.95 bits per heavy atom. The Morgan fingerprint density at radius 3 is 2.68 bits per heavy atom. The maximum Gasteiger partial charge on any atom is 0.115 e. The maximum absolute atomic E-state index is 5.48. The molecule has 0 spiro atoms. The van der Waals surface area contributed by atoms with Gasteiger partial charge >= 0.3 is 0 Å². The van der Waals surface area contributed by atoms with Crippen LogP contribution in [0.2, 0.25) is 0 Å². The molecule has 0 bridgehead atoms. The van der Waals surface area contributed by atoms with Gasteiger partial charge in [0.15, 0.2) is 0 Å². The minimum absolute atomic E-state index is 0.669. The average molecular weight is 257 g/mol. The third-order valence-corrected chi connectivity index (χ3v) is 2.84. The lowest BCUT2D eigenvalue weighted by Crippen LogP contribution is -2.15. The fraction of sp³-hybridized carbons (Fsp3) is 0.333. The molecule has 0 amide bonds. The summed E-state index contributed by atoms with van der Waals surface area (Å²) in [4.78, 5) is 8.09. The second-order valence-corrected chi connectivity index (χ2v) is 4.21. The smallest absolute Gasteiger partial charge is 0.115 e. The number of nitrogens with zero attached hydrogens (tertiary/aromatic N) is 2. The fourth-order valence-electron chi connectivity index (χ4n) is 1.83. The highest BCUT2D eigenvalue weighted by molar-refractivity contribution is 5.26. The Morgan fingerprint density at radius 1 is 1.11 bits per heavy atom. The molecule has 0 radical (unpaired) electrons. The molecular weight excluding hydrogens is 238 g/mol. The zero-order chi connectivity index (χ0) is 13.3. The SMILES string of the molecule is CCOCc1ccccc1CNCc1ccncn1. The first kappa shape index (κ1) is 13.6. The van der Waals surface area contributed by atoms with Gasteiger partial charge in [-0.15, -0.1) is 0 Å². The monoisotopic (exact) mass is 257 g/mol. The van der Waals surface area contributed by atoms with Gasteiger partial charge in [-0.3, -0.25) is 0 Å². The summed E-state index contributed by atoms with van der Waals surface area (Å²) < 4.78 is 5.48. The summed E-state index contributed by atoms with van der Waals surface area (Å²) in [5.74, 6) is 0. The van der Waals surface area contributed by atoms with E-state index in [-0.39, 0.29) is 0 Å². The van der Waals surface area contributed by atoms with Gasteiger partial charge in [0.05, 0.1) is 12.3 Å². The van der Waals surface area contributed by atoms with Crippen molar-refractivity contribution in [2.45, 2.75) is 26.6 Å². The Kier molecular flexibility index (Phi) is 5.47. The van der Waals surface area contributed by atoms with E-state index in [0.29, 0.717) is 6.61 Å². The zero-order valence-corrected chi connectivity index (χ0v) is 11.2. The van der Waals surface area contributed by atoms with Gasteiger partial charge in [0.2, 0.25) is 0 Å². The van der Waals surface area contributed by atoms with Crippen LogP contribution in [0.1, 0.15) is 23.7 Å². The van der Waals surface area contributed by atoms with Crippen molar-refractivity contribution in [2.75, 3.05) is 6.61 Å². The Bertz CT molecular complexity index is 488. The molecule has 0 saturated heterocycles. The molecule has 0 unspecified atom stereocenters. The molecule has 1 aromatic heterocycles. The van der Waals surface area contributed by atoms with Gasteiger partial charge < -0.3 is 10.1 Å². The summed E-state index contributed by atoms with van der Waals surface area (Å²) in [7, 11) is 0. The Hall–Kier alpha value is -1.78. The first-order valence-electron chi connectivity index (χ1n) is 6.50. The largest absolute Gasteiger partial charge is 0.377 e. The molecule has 2 aromatic rings. The van der Waals surface area contributed by atoms with Crippen molar-refractivity contribution in [3.05, 3.63) is 59.7 Å². The van der Waals surface area contributed by atoms with E-state index in [4.69, 9.17) is 4.74 Å². The molecular formula is C15H19N3O. The summed E-state index contributed by atoms with van der Waals surface area (Å²) in [6.07, 6.45) is 3.33. The lowest BCUT2D eigenvalue weighted by Gasteiger charge is -2.10. The average Bonchev–Trinajstić information content (AvgIpc) is 2.47. The van der Waals surface area contributed by atoms with Gasteiger partial charge in [0.25, 0.3) is 0 Å². The Balaban J connectivity index is 1.88. The fourth-order valence-corrected chi connectivity index (χ4v) is 1.83. The van der Waals surface area contributed by atoms with Gasteiger partial charge in [0.1, 0.15) is 6.33 Å². The van der Waals surface area contributed by atoms with Crippen molar-refractivity contribution in [3.63, 3.8) is 0 Å². The van der Waals surface area contributed by atoms with Crippen molar-refractivity contribution in [1.82, 2.24) is 15.3 Å². The van der Waals surface area contributed by atoms with Crippen molar-refractivity contribution in [1.29, 1.82) is 0 Å². The van der Waals surface area contributed by atoms with E-state index in [9.17, 15) is 0 Å². The predicted octanol–water partition coefficient (Wildman–Crippen LogP) is 2.30. The van der Waals surface area contributed by atoms with E-state index in [1.165, 1.54) is 11.1 Å². The van der Waals surface area contributed by atoms with Crippen LogP contribution in [0.25, 0.3) is 0 Å². The summed E-state index contributed by atoms with van der Waals surface area (Å²) >= 11 is 0. The summed E-state index contributed by atoms with van der Waals surface area (Å²) in [5.41, 5.74) is 3.50. The van der Waals surface area contributed by atoms with Crippen LogP contribution in [0.4, 0.5) is 0 Å². The van der Waals surface area contributed by atoms with Crippen LogP contribution < -0.4 is 5.32 Å². The molecule has 0 fully saturated rings. The highest BCUT2D eigenvalue weighted by atomic mass is 16.5. The molecule has 100 valence electrons. The van der Waals surface area contributed by atoms with E-state index in [0.717, 1.165) is 25.4 Å². The molecule has 0 aliphatic heterocycles. The van der Waals surface area contributed by atoms with E-state index in [2.05, 4.69) is 33.5 Å². The topological polar surface area (TPSA) is 47.0 Å². The molecule has 2 rings (SSSR count). The van der Waals surface area contributed by atoms with Crippen molar-refractivity contribution in [3.8, 4) is 0 Å². The standard InChI is InChI=1S/C15H19N3O/c1-2-19-11-14-6-4-3-5-13(14)9-17-10-15-7-8-16-12-18-15/h3-8,12,17H,2,9-11H2,1H3. The van der Waals surface area contributed by atoms with Crippen molar-refractivity contribution < 1.29 is 4.74 Å². The molecule has 0 saturated carbocycles. The summed E-state index contributed by atoms with van der Waals surface area (Å²) in [6, 6.07) is 10.2. The van der Waals surface area contributed by atoms with Crippen LogP contribution in [0.5, 0.6) is 0 Å². The van der Waals surface area contributed by atoms with Crippen LogP contribution >= 0.6 is 0 Å². The number of nitrogens with one attached hydrogen (secondary N) is 1. The zero-order valence-electron chi connectivity index (χ0n) is 11.2. The molecule has 1 heterocycles. The van der Waals surface area contributed by atoms with E-state index >= 15 is 0 Å². The molecule has 0 aliphatic rings. The number of rotatable bonds is 7. The molecule has 0 atom stereocenters. The quantitative estimate of drug-likeness (QED) is 0.827. The van der Waals surface area contributed by atoms with Crippen molar-refractivity contribution in [2.24, 2.45) is 0 Å². The third kappa shape index (κ3) is 4.43. The summed E-state index contributed by atoms with van der Waals surface area (Å²) in [6.45, 7) is 4.97. The lowest BCUT2D eigenvalue weighted by atomic mass is 10.1. The predicted molar refractivity (Wildman–Crippen MR) is 74.3 cm³/mol. The highest BCUT2D eigenvalue weighted by Crippen LogP contribution is 2.10. The molecule has 19 heavy (non-hydrogen) atoms. The van der Waals surface area contributed by atoms with Gasteiger partial charge in [-0.2, -0.15) is 0 Å². The Labute approximate surface area is 113 Å². The molecule has 4 heteroatoms. The third-order valence-electron chi connectivity index (χ3n) is 2.84. The molecule has 1 aromatic carbocycles. The van der Waals surface area contributed by atoms with E-state index in [1.807, 2.05) is 19.1 Å². The first-order valence-corrected chi connectivity index (χ1v) is 6.50. The van der Waals surface area contributed by atoms with E-state index in [1.54, 1.807) is 12.5 Å². The second-order valence-electron chi connectivity index (χ2n) is 4.21. The van der Waals surface area contributed by atoms with E-state index < -0.39 is 0 Å². The van der Waals surface area contributed by atoms with Gasteiger partial charge in [-0.1, -0.05) is 24.3 Å². The number of hydrogen-bond donors (Lipinski definition) is 1.